The van der Waals surface area contributed by atoms with E-state index in [2.05, 4.69) is 9.98 Å². The normalized spacial score (nSPS) is 13.8. The minimum Gasteiger partial charge on any atom is -0.494 e. The van der Waals surface area contributed by atoms with Crippen molar-refractivity contribution in [1.82, 2.24) is 9.55 Å². The average molecular weight is 407 g/mol. The number of nitrogens with zero attached hydrogens (tertiary/aromatic N) is 2. The molecule has 0 radical (unpaired) electrons. The van der Waals surface area contributed by atoms with Gasteiger partial charge < -0.3 is 9.84 Å². The van der Waals surface area contributed by atoms with Gasteiger partial charge in [-0.1, -0.05) is 30.3 Å². The molecule has 9 heteroatoms. The maximum absolute atomic E-state index is 14.2. The highest BCUT2D eigenvalue weighted by Gasteiger charge is 2.28. The highest BCUT2D eigenvalue weighted by Crippen LogP contribution is 2.36. The van der Waals surface area contributed by atoms with Gasteiger partial charge in [0.15, 0.2) is 5.71 Å². The van der Waals surface area contributed by atoms with Gasteiger partial charge in [0.2, 0.25) is 5.88 Å². The second-order valence-corrected chi connectivity index (χ2v) is 6.31. The van der Waals surface area contributed by atoms with Gasteiger partial charge >= 0.3 is 11.7 Å². The molecular formula is C21H14FN3O5. The molecule has 150 valence electrons. The van der Waals surface area contributed by atoms with Crippen LogP contribution < -0.4 is 11.2 Å². The fraction of sp³-hybridized carbons (Fsp3) is 0.0476. The number of halogens is 1. The van der Waals surface area contributed by atoms with Crippen molar-refractivity contribution < 1.29 is 19.0 Å². The predicted octanol–water partition coefficient (Wildman–Crippen LogP) is 2.17. The number of fused-ring (bicyclic) bond motifs is 1. The Morgan fingerprint density at radius 3 is 2.60 bits per heavy atom. The zero-order valence-corrected chi connectivity index (χ0v) is 15.5. The van der Waals surface area contributed by atoms with Gasteiger partial charge in [-0.3, -0.25) is 9.78 Å². The zero-order chi connectivity index (χ0) is 21.4. The first-order valence-corrected chi connectivity index (χ1v) is 8.74. The summed E-state index contributed by atoms with van der Waals surface area (Å²) in [5.41, 5.74) is -1.36. The van der Waals surface area contributed by atoms with E-state index in [1.54, 1.807) is 24.3 Å². The molecule has 0 aliphatic carbocycles. The fourth-order valence-electron chi connectivity index (χ4n) is 3.18. The van der Waals surface area contributed by atoms with Crippen LogP contribution in [0.2, 0.25) is 0 Å². The second kappa shape index (κ2) is 7.28. The van der Waals surface area contributed by atoms with E-state index in [1.165, 1.54) is 31.4 Å². The van der Waals surface area contributed by atoms with Crippen LogP contribution in [0.3, 0.4) is 0 Å². The van der Waals surface area contributed by atoms with Crippen molar-refractivity contribution >= 4 is 29.0 Å². The van der Waals surface area contributed by atoms with Crippen molar-refractivity contribution in [2.75, 3.05) is 7.11 Å². The van der Waals surface area contributed by atoms with Crippen molar-refractivity contribution in [3.8, 4) is 11.6 Å². The Morgan fingerprint density at radius 2 is 1.87 bits per heavy atom. The summed E-state index contributed by atoms with van der Waals surface area (Å²) in [6.07, 6.45) is 1.21. The van der Waals surface area contributed by atoms with Crippen LogP contribution in [0.5, 0.6) is 5.88 Å². The van der Waals surface area contributed by atoms with E-state index in [0.29, 0.717) is 15.8 Å². The number of hydrogen-bond acceptors (Lipinski definition) is 6. The number of H-pyrrole nitrogens is 1. The number of esters is 1. The quantitative estimate of drug-likeness (QED) is 0.646. The third-order valence-corrected chi connectivity index (χ3v) is 4.56. The number of methoxy groups -OCH3 is 1. The van der Waals surface area contributed by atoms with Crippen LogP contribution in [0.1, 0.15) is 11.1 Å². The molecule has 0 unspecified atom stereocenters. The number of nitrogens with one attached hydrogen (secondary N) is 1. The molecular weight excluding hydrogens is 393 g/mol. The van der Waals surface area contributed by atoms with Gasteiger partial charge in [0.05, 0.1) is 18.5 Å². The Kier molecular flexibility index (Phi) is 4.63. The molecule has 1 aliphatic heterocycles. The van der Waals surface area contributed by atoms with Crippen LogP contribution in [0.4, 0.5) is 10.1 Å². The molecule has 4 rings (SSSR count). The third kappa shape index (κ3) is 3.02. The molecule has 30 heavy (non-hydrogen) atoms. The van der Waals surface area contributed by atoms with Crippen molar-refractivity contribution in [3.63, 3.8) is 0 Å². The topological polar surface area (TPSA) is 114 Å². The van der Waals surface area contributed by atoms with Crippen LogP contribution >= 0.6 is 0 Å². The number of carbonyl (C=O) groups excluding carboxylic acids is 1. The van der Waals surface area contributed by atoms with Gasteiger partial charge in [0.25, 0.3) is 5.56 Å². The Hall–Kier alpha value is -4.27. The summed E-state index contributed by atoms with van der Waals surface area (Å²) >= 11 is 0. The Labute approximate surface area is 168 Å². The molecule has 0 saturated carbocycles. The van der Waals surface area contributed by atoms with Gasteiger partial charge in [0, 0.05) is 11.1 Å². The average Bonchev–Trinajstić information content (AvgIpc) is 3.10. The van der Waals surface area contributed by atoms with Crippen LogP contribution in [-0.4, -0.2) is 33.4 Å². The van der Waals surface area contributed by atoms with Gasteiger partial charge in [-0.25, -0.2) is 23.5 Å². The first kappa shape index (κ1) is 19.1. The number of hydrogen-bond donors (Lipinski definition) is 2. The first-order valence-electron chi connectivity index (χ1n) is 8.74. The van der Waals surface area contributed by atoms with E-state index in [1.807, 2.05) is 0 Å². The van der Waals surface area contributed by atoms with E-state index < -0.39 is 28.9 Å². The minimum absolute atomic E-state index is 0.0684. The van der Waals surface area contributed by atoms with Crippen LogP contribution in [-0.2, 0) is 9.53 Å². The van der Waals surface area contributed by atoms with Crippen LogP contribution in [0.15, 0.2) is 63.1 Å². The lowest BCUT2D eigenvalue weighted by Crippen LogP contribution is -2.31. The SMILES string of the molecule is COC(=O)C1=Nc2ccccc2/C1=C\c1c(O)n(-c2ccccc2F)c(=O)[nH]c1=O. The number of aromatic hydroxyl groups is 1. The summed E-state index contributed by atoms with van der Waals surface area (Å²) in [5, 5.41) is 10.7. The molecule has 1 aliphatic rings. The number of ether oxygens (including phenoxy) is 1. The first-order chi connectivity index (χ1) is 14.4. The van der Waals surface area contributed by atoms with Crippen molar-refractivity contribution in [2.45, 2.75) is 0 Å². The maximum atomic E-state index is 14.2. The molecule has 0 spiro atoms. The highest BCUT2D eigenvalue weighted by molar-refractivity contribution is 6.58. The highest BCUT2D eigenvalue weighted by atomic mass is 19.1. The predicted molar refractivity (Wildman–Crippen MR) is 108 cm³/mol. The summed E-state index contributed by atoms with van der Waals surface area (Å²) in [4.78, 5) is 43.2. The van der Waals surface area contributed by atoms with E-state index in [-0.39, 0.29) is 22.5 Å². The molecule has 3 aromatic rings. The Bertz CT molecular complexity index is 1370. The summed E-state index contributed by atoms with van der Waals surface area (Å²) < 4.78 is 19.6. The molecule has 0 atom stereocenters. The molecule has 0 bridgehead atoms. The molecule has 2 heterocycles. The number of rotatable bonds is 3. The van der Waals surface area contributed by atoms with E-state index in [0.717, 1.165) is 6.07 Å². The van der Waals surface area contributed by atoms with E-state index >= 15 is 0 Å². The van der Waals surface area contributed by atoms with Crippen LogP contribution in [0.25, 0.3) is 17.3 Å². The van der Waals surface area contributed by atoms with Crippen molar-refractivity contribution in [3.05, 3.63) is 86.3 Å². The second-order valence-electron chi connectivity index (χ2n) is 6.31. The third-order valence-electron chi connectivity index (χ3n) is 4.56. The number of aromatic nitrogens is 2. The standard InChI is InChI=1S/C21H14FN3O5/c1-30-20(28)17-12(11-6-2-4-8-15(11)23-17)10-13-18(26)24-21(29)25(19(13)27)16-9-5-3-7-14(16)22/h2-10,27H,1H3,(H,24,26,29)/b12-10+. The molecule has 1 aromatic heterocycles. The molecule has 8 nitrogen and oxygen atoms in total. The summed E-state index contributed by atoms with van der Waals surface area (Å²) in [6.45, 7) is 0. The van der Waals surface area contributed by atoms with Crippen molar-refractivity contribution in [1.29, 1.82) is 0 Å². The molecule has 0 amide bonds. The lowest BCUT2D eigenvalue weighted by molar-refractivity contribution is -0.132. The molecule has 2 N–H and O–H groups in total. The molecule has 0 fully saturated rings. The van der Waals surface area contributed by atoms with E-state index in [9.17, 15) is 23.9 Å². The summed E-state index contributed by atoms with van der Waals surface area (Å²) in [5.74, 6) is -2.30. The number of benzene rings is 2. The van der Waals surface area contributed by atoms with Gasteiger partial charge in [-0.2, -0.15) is 0 Å². The van der Waals surface area contributed by atoms with E-state index in [4.69, 9.17) is 4.74 Å². The Morgan fingerprint density at radius 1 is 1.17 bits per heavy atom. The fourth-order valence-corrected chi connectivity index (χ4v) is 3.18. The lowest BCUT2D eigenvalue weighted by atomic mass is 10.0. The lowest BCUT2D eigenvalue weighted by Gasteiger charge is -2.11. The molecule has 2 aromatic carbocycles. The van der Waals surface area contributed by atoms with Gasteiger partial charge in [0.1, 0.15) is 11.4 Å². The monoisotopic (exact) mass is 407 g/mol. The number of para-hydroxylation sites is 2. The van der Waals surface area contributed by atoms with Crippen molar-refractivity contribution in [2.24, 2.45) is 4.99 Å². The van der Waals surface area contributed by atoms with Gasteiger partial charge in [-0.15, -0.1) is 0 Å². The van der Waals surface area contributed by atoms with Gasteiger partial charge in [-0.05, 0) is 24.3 Å². The Balaban J connectivity index is 1.99. The zero-order valence-electron chi connectivity index (χ0n) is 15.5. The smallest absolute Gasteiger partial charge is 0.357 e. The maximum Gasteiger partial charge on any atom is 0.357 e. The number of carbonyl (C=O) groups is 1. The largest absolute Gasteiger partial charge is 0.494 e. The number of aliphatic imine (C=N–C) groups is 1. The minimum atomic E-state index is -1.02. The van der Waals surface area contributed by atoms with Crippen LogP contribution in [0, 0.1) is 5.82 Å². The summed E-state index contributed by atoms with van der Waals surface area (Å²) in [7, 11) is 1.19. The number of aromatic amines is 1. The summed E-state index contributed by atoms with van der Waals surface area (Å²) in [6, 6.07) is 12.1. The molecule has 0 saturated heterocycles.